The minimum absolute atomic E-state index is 0.707. The maximum absolute atomic E-state index is 6.04. The highest BCUT2D eigenvalue weighted by atomic mass is 35.5. The van der Waals surface area contributed by atoms with Gasteiger partial charge >= 0.3 is 0 Å². The lowest BCUT2D eigenvalue weighted by atomic mass is 10.2. The fourth-order valence-corrected chi connectivity index (χ4v) is 2.16. The summed E-state index contributed by atoms with van der Waals surface area (Å²) in [5, 5.41) is 4.07. The number of hydrogen-bond acceptors (Lipinski definition) is 3. The Kier molecular flexibility index (Phi) is 5.95. The fraction of sp³-hybridized carbons (Fsp3) is 0.600. The zero-order valence-corrected chi connectivity index (χ0v) is 12.2. The number of benzene rings is 1. The van der Waals surface area contributed by atoms with Crippen molar-refractivity contribution in [1.82, 2.24) is 5.32 Å². The van der Waals surface area contributed by atoms with Gasteiger partial charge in [0.15, 0.2) is 0 Å². The Hall–Kier alpha value is -0.770. The molecule has 0 atom stereocenters. The first-order chi connectivity index (χ1) is 9.29. The second-order valence-electron chi connectivity index (χ2n) is 5.00. The highest BCUT2D eigenvalue weighted by Crippen LogP contribution is 2.32. The molecular formula is C15H22ClNO2. The summed E-state index contributed by atoms with van der Waals surface area (Å²) < 4.78 is 10.9. The van der Waals surface area contributed by atoms with Gasteiger partial charge in [0.25, 0.3) is 0 Å². The molecule has 0 aliphatic heterocycles. The molecule has 1 N–H and O–H groups in total. The quantitative estimate of drug-likeness (QED) is 0.706. The van der Waals surface area contributed by atoms with E-state index < -0.39 is 0 Å². The van der Waals surface area contributed by atoms with E-state index in [0.29, 0.717) is 6.61 Å². The Balaban J connectivity index is 1.83. The molecule has 106 valence electrons. The van der Waals surface area contributed by atoms with E-state index in [9.17, 15) is 0 Å². The summed E-state index contributed by atoms with van der Waals surface area (Å²) in [5.41, 5.74) is 1.11. The van der Waals surface area contributed by atoms with E-state index in [-0.39, 0.29) is 0 Å². The standard InChI is InChI=1S/C15H22ClNO2/c1-18-9-7-17-11-13-10-14(16)4-5-15(13)19-8-6-12-2-3-12/h4-5,10,12,17H,2-3,6-9,11H2,1H3. The minimum Gasteiger partial charge on any atom is -0.493 e. The van der Waals surface area contributed by atoms with E-state index in [4.69, 9.17) is 21.1 Å². The Bertz CT molecular complexity index is 394. The predicted octanol–water partition coefficient (Wildman–Crippen LogP) is 3.25. The van der Waals surface area contributed by atoms with Crippen molar-refractivity contribution in [2.24, 2.45) is 5.92 Å². The van der Waals surface area contributed by atoms with Crippen LogP contribution in [0.3, 0.4) is 0 Å². The van der Waals surface area contributed by atoms with Gasteiger partial charge in [-0.1, -0.05) is 24.4 Å². The lowest BCUT2D eigenvalue weighted by Crippen LogP contribution is -2.19. The van der Waals surface area contributed by atoms with Crippen LogP contribution in [0.25, 0.3) is 0 Å². The predicted molar refractivity (Wildman–Crippen MR) is 77.9 cm³/mol. The van der Waals surface area contributed by atoms with Crippen molar-refractivity contribution in [3.05, 3.63) is 28.8 Å². The summed E-state index contributed by atoms with van der Waals surface area (Å²) >= 11 is 6.04. The van der Waals surface area contributed by atoms with Crippen LogP contribution in [0.2, 0.25) is 5.02 Å². The Morgan fingerprint density at radius 2 is 2.16 bits per heavy atom. The third kappa shape index (κ3) is 5.39. The van der Waals surface area contributed by atoms with E-state index >= 15 is 0 Å². The maximum Gasteiger partial charge on any atom is 0.123 e. The molecule has 3 nitrogen and oxygen atoms in total. The first-order valence-corrected chi connectivity index (χ1v) is 7.28. The highest BCUT2D eigenvalue weighted by molar-refractivity contribution is 6.30. The van der Waals surface area contributed by atoms with Gasteiger partial charge in [0, 0.05) is 30.8 Å². The van der Waals surface area contributed by atoms with Crippen LogP contribution < -0.4 is 10.1 Å². The van der Waals surface area contributed by atoms with E-state index in [0.717, 1.165) is 41.9 Å². The van der Waals surface area contributed by atoms with Crippen molar-refractivity contribution < 1.29 is 9.47 Å². The van der Waals surface area contributed by atoms with E-state index in [1.165, 1.54) is 19.3 Å². The van der Waals surface area contributed by atoms with Crippen LogP contribution in [0.5, 0.6) is 5.75 Å². The lowest BCUT2D eigenvalue weighted by Gasteiger charge is -2.12. The lowest BCUT2D eigenvalue weighted by molar-refractivity contribution is 0.199. The van der Waals surface area contributed by atoms with Gasteiger partial charge in [-0.15, -0.1) is 0 Å². The summed E-state index contributed by atoms with van der Waals surface area (Å²) in [4.78, 5) is 0. The van der Waals surface area contributed by atoms with E-state index in [2.05, 4.69) is 5.32 Å². The second kappa shape index (κ2) is 7.73. The molecule has 0 radical (unpaired) electrons. The van der Waals surface area contributed by atoms with Crippen molar-refractivity contribution in [2.45, 2.75) is 25.8 Å². The molecule has 2 rings (SSSR count). The Morgan fingerprint density at radius 1 is 1.32 bits per heavy atom. The van der Waals surface area contributed by atoms with Gasteiger partial charge in [-0.05, 0) is 30.5 Å². The molecule has 1 aliphatic carbocycles. The van der Waals surface area contributed by atoms with Gasteiger partial charge in [-0.3, -0.25) is 0 Å². The number of rotatable bonds is 9. The van der Waals surface area contributed by atoms with Crippen LogP contribution in [0, 0.1) is 5.92 Å². The van der Waals surface area contributed by atoms with Gasteiger partial charge in [0.1, 0.15) is 5.75 Å². The van der Waals surface area contributed by atoms with Crippen LogP contribution in [0.1, 0.15) is 24.8 Å². The van der Waals surface area contributed by atoms with Crippen LogP contribution in [0.15, 0.2) is 18.2 Å². The van der Waals surface area contributed by atoms with Crippen LogP contribution >= 0.6 is 11.6 Å². The van der Waals surface area contributed by atoms with Crippen molar-refractivity contribution in [3.63, 3.8) is 0 Å². The molecule has 1 aliphatic rings. The van der Waals surface area contributed by atoms with Crippen molar-refractivity contribution in [1.29, 1.82) is 0 Å². The second-order valence-corrected chi connectivity index (χ2v) is 5.44. The summed E-state index contributed by atoms with van der Waals surface area (Å²) in [5.74, 6) is 1.84. The normalized spacial score (nSPS) is 14.6. The fourth-order valence-electron chi connectivity index (χ4n) is 1.97. The smallest absolute Gasteiger partial charge is 0.123 e. The molecule has 0 heterocycles. The molecule has 4 heteroatoms. The summed E-state index contributed by atoms with van der Waals surface area (Å²) in [6.45, 7) is 3.09. The zero-order valence-electron chi connectivity index (χ0n) is 11.5. The van der Waals surface area contributed by atoms with Gasteiger partial charge in [-0.2, -0.15) is 0 Å². The van der Waals surface area contributed by atoms with E-state index in [1.807, 2.05) is 18.2 Å². The summed E-state index contributed by atoms with van der Waals surface area (Å²) in [6, 6.07) is 5.81. The number of ether oxygens (including phenoxy) is 2. The number of halogens is 1. The minimum atomic E-state index is 0.707. The van der Waals surface area contributed by atoms with Crippen LogP contribution in [-0.4, -0.2) is 26.9 Å². The Morgan fingerprint density at radius 3 is 2.89 bits per heavy atom. The molecule has 1 aromatic carbocycles. The largest absolute Gasteiger partial charge is 0.493 e. The van der Waals surface area contributed by atoms with Crippen LogP contribution in [-0.2, 0) is 11.3 Å². The molecule has 1 aromatic rings. The van der Waals surface area contributed by atoms with Gasteiger partial charge in [-0.25, -0.2) is 0 Å². The van der Waals surface area contributed by atoms with Gasteiger partial charge < -0.3 is 14.8 Å². The molecule has 0 amide bonds. The first kappa shape index (κ1) is 14.6. The van der Waals surface area contributed by atoms with Gasteiger partial charge in [0.05, 0.1) is 13.2 Å². The SMILES string of the molecule is COCCNCc1cc(Cl)ccc1OCCC1CC1. The number of hydrogen-bond donors (Lipinski definition) is 1. The number of nitrogens with one attached hydrogen (secondary N) is 1. The van der Waals surface area contributed by atoms with E-state index in [1.54, 1.807) is 7.11 Å². The third-order valence-corrected chi connectivity index (χ3v) is 3.54. The maximum atomic E-state index is 6.04. The van der Waals surface area contributed by atoms with Crippen LogP contribution in [0.4, 0.5) is 0 Å². The van der Waals surface area contributed by atoms with Gasteiger partial charge in [0.2, 0.25) is 0 Å². The molecule has 1 fully saturated rings. The number of methoxy groups -OCH3 is 1. The summed E-state index contributed by atoms with van der Waals surface area (Å²) in [6.07, 6.45) is 3.91. The average Bonchev–Trinajstić information content (AvgIpc) is 3.21. The zero-order chi connectivity index (χ0) is 13.5. The first-order valence-electron chi connectivity index (χ1n) is 6.90. The molecule has 0 spiro atoms. The molecule has 0 bridgehead atoms. The average molecular weight is 284 g/mol. The summed E-state index contributed by atoms with van der Waals surface area (Å²) in [7, 11) is 1.70. The molecular weight excluding hydrogens is 262 g/mol. The molecule has 1 saturated carbocycles. The topological polar surface area (TPSA) is 30.5 Å². The molecule has 0 aromatic heterocycles. The molecule has 0 unspecified atom stereocenters. The van der Waals surface area contributed by atoms with Crippen molar-refractivity contribution in [2.75, 3.05) is 26.9 Å². The van der Waals surface area contributed by atoms with Crippen molar-refractivity contribution >= 4 is 11.6 Å². The monoisotopic (exact) mass is 283 g/mol. The highest BCUT2D eigenvalue weighted by Gasteiger charge is 2.20. The Labute approximate surface area is 120 Å². The third-order valence-electron chi connectivity index (χ3n) is 3.30. The molecule has 19 heavy (non-hydrogen) atoms. The van der Waals surface area contributed by atoms with Crippen molar-refractivity contribution in [3.8, 4) is 5.75 Å². The molecule has 0 saturated heterocycles.